The molecule has 0 saturated carbocycles. The Kier molecular flexibility index (Phi) is 1.18. The fraction of sp³-hybridized carbons (Fsp3) is 0.600. The highest BCUT2D eigenvalue weighted by Crippen LogP contribution is 1.82. The minimum atomic E-state index is 0.676. The van der Waals surface area contributed by atoms with Gasteiger partial charge in [-0.05, 0) is 20.8 Å². The van der Waals surface area contributed by atoms with E-state index < -0.39 is 0 Å². The molecule has 0 aliphatic carbocycles. The fourth-order valence-corrected chi connectivity index (χ4v) is 0. The average molecular weight is 72.1 g/mol. The van der Waals surface area contributed by atoms with Gasteiger partial charge in [0.05, 0.1) is 1.37 Å². The monoisotopic (exact) mass is 72.1 g/mol. The highest BCUT2D eigenvalue weighted by Gasteiger charge is 1.60. The molecular formula is C5H10. The lowest BCUT2D eigenvalue weighted by molar-refractivity contribution is 1.36. The van der Waals surface area contributed by atoms with Gasteiger partial charge < -0.3 is 0 Å². The molecule has 0 rings (SSSR count). The van der Waals surface area contributed by atoms with E-state index in [9.17, 15) is 0 Å². The van der Waals surface area contributed by atoms with Crippen LogP contribution in [-0.4, -0.2) is 0 Å². The van der Waals surface area contributed by atoms with E-state index in [1.807, 2.05) is 13.8 Å². The Morgan fingerprint density at radius 3 is 2.00 bits per heavy atom. The van der Waals surface area contributed by atoms with Gasteiger partial charge in [0.1, 0.15) is 0 Å². The lowest BCUT2D eigenvalue weighted by Gasteiger charge is -1.74. The maximum atomic E-state index is 6.91. The summed E-state index contributed by atoms with van der Waals surface area (Å²) in [7, 11) is 0. The Morgan fingerprint density at radius 1 is 1.80 bits per heavy atom. The smallest absolute Gasteiger partial charge is 0.0572 e. The first-order valence-corrected chi connectivity index (χ1v) is 1.75. The van der Waals surface area contributed by atoms with Crippen molar-refractivity contribution >= 4 is 0 Å². The molecule has 0 nitrogen and oxygen atoms in total. The molecule has 0 fully saturated rings. The number of rotatable bonds is 0. The Balaban J connectivity index is 3.68. The average Bonchev–Trinajstić information content (AvgIpc) is 1.36. The predicted molar refractivity (Wildman–Crippen MR) is 25.1 cm³/mol. The van der Waals surface area contributed by atoms with Crippen LogP contribution in [0.3, 0.4) is 0 Å². The predicted octanol–water partition coefficient (Wildman–Crippen LogP) is 1.97. The highest BCUT2D eigenvalue weighted by atomic mass is 13.7. The van der Waals surface area contributed by atoms with Gasteiger partial charge in [-0.2, -0.15) is 0 Å². The second kappa shape index (κ2) is 2.01. The third-order valence-corrected chi connectivity index (χ3v) is 0.500. The number of hydrogen-bond donors (Lipinski definition) is 0. The normalized spacial score (nSPS) is 9.80. The lowest BCUT2D eigenvalue weighted by atomic mass is 10.3. The van der Waals surface area contributed by atoms with Gasteiger partial charge in [-0.3, -0.25) is 0 Å². The Bertz CT molecular complexity index is 54.0. The van der Waals surface area contributed by atoms with E-state index in [-0.39, 0.29) is 0 Å². The van der Waals surface area contributed by atoms with Crippen molar-refractivity contribution in [1.29, 1.82) is 0 Å². The molecule has 0 atom stereocenters. The number of hydrogen-bond acceptors (Lipinski definition) is 0. The van der Waals surface area contributed by atoms with Crippen LogP contribution in [0.4, 0.5) is 0 Å². The molecule has 0 aromatic heterocycles. The van der Waals surface area contributed by atoms with E-state index in [4.69, 9.17) is 1.37 Å². The minimum Gasteiger partial charge on any atom is -0.0890 e. The van der Waals surface area contributed by atoms with Gasteiger partial charge in [0.15, 0.2) is 0 Å². The molecule has 0 aromatic carbocycles. The quantitative estimate of drug-likeness (QED) is 0.384. The summed E-state index contributed by atoms with van der Waals surface area (Å²) < 4.78 is 6.91. The topological polar surface area (TPSA) is 0 Å². The van der Waals surface area contributed by atoms with Crippen molar-refractivity contribution in [3.8, 4) is 0 Å². The SMILES string of the molecule is [3H]C(C)=C(C)C. The maximum absolute atomic E-state index is 6.91. The molecule has 30 valence electrons. The zero-order valence-corrected chi connectivity index (χ0v) is 4.00. The van der Waals surface area contributed by atoms with E-state index in [1.54, 1.807) is 6.92 Å². The molecule has 0 heterocycles. The van der Waals surface area contributed by atoms with Crippen LogP contribution in [0, 0.1) is 0 Å². The van der Waals surface area contributed by atoms with E-state index in [1.165, 1.54) is 0 Å². The Hall–Kier alpha value is -0.260. The molecule has 0 heteroatoms. The first kappa shape index (κ1) is 2.95. The van der Waals surface area contributed by atoms with E-state index >= 15 is 0 Å². The van der Waals surface area contributed by atoms with Gasteiger partial charge in [0.25, 0.3) is 0 Å². The molecule has 5 heavy (non-hydrogen) atoms. The van der Waals surface area contributed by atoms with Gasteiger partial charge in [0.2, 0.25) is 0 Å². The first-order valence-electron chi connectivity index (χ1n) is 2.25. The van der Waals surface area contributed by atoms with Crippen molar-refractivity contribution in [2.75, 3.05) is 0 Å². The highest BCUT2D eigenvalue weighted by molar-refractivity contribution is 4.88. The van der Waals surface area contributed by atoms with Crippen molar-refractivity contribution in [2.24, 2.45) is 0 Å². The standard InChI is InChI=1S/C5H10/c1-4-5(2)3/h4H,1-3H3/i4T. The summed E-state index contributed by atoms with van der Waals surface area (Å²) in [6, 6.07) is 0.676. The third kappa shape index (κ3) is 3.74. The van der Waals surface area contributed by atoms with Crippen molar-refractivity contribution < 1.29 is 1.37 Å². The van der Waals surface area contributed by atoms with Crippen LogP contribution in [0.5, 0.6) is 0 Å². The summed E-state index contributed by atoms with van der Waals surface area (Å²) in [6.45, 7) is 5.65. The van der Waals surface area contributed by atoms with Gasteiger partial charge in [-0.15, -0.1) is 0 Å². The van der Waals surface area contributed by atoms with Crippen molar-refractivity contribution in [3.05, 3.63) is 11.6 Å². The summed E-state index contributed by atoms with van der Waals surface area (Å²) in [6.07, 6.45) is 0. The fourth-order valence-electron chi connectivity index (χ4n) is 0. The molecular weight excluding hydrogens is 60.1 g/mol. The number of allylic oxidation sites excluding steroid dienone is 2. The van der Waals surface area contributed by atoms with E-state index in [0.29, 0.717) is 6.05 Å². The Labute approximate surface area is 34.9 Å². The molecule has 0 spiro atoms. The van der Waals surface area contributed by atoms with Crippen molar-refractivity contribution in [2.45, 2.75) is 20.8 Å². The second-order valence-electron chi connectivity index (χ2n) is 1.25. The van der Waals surface area contributed by atoms with Gasteiger partial charge in [0, 0.05) is 0 Å². The molecule has 0 aliphatic rings. The summed E-state index contributed by atoms with van der Waals surface area (Å²) in [5, 5.41) is 0. The van der Waals surface area contributed by atoms with Crippen LogP contribution in [0.25, 0.3) is 0 Å². The molecule has 0 aliphatic heterocycles. The van der Waals surface area contributed by atoms with Gasteiger partial charge >= 0.3 is 0 Å². The van der Waals surface area contributed by atoms with Gasteiger partial charge in [-0.1, -0.05) is 11.6 Å². The largest absolute Gasteiger partial charge is 0.0890 e. The lowest BCUT2D eigenvalue weighted by Crippen LogP contribution is -1.52. The third-order valence-electron chi connectivity index (χ3n) is 0.500. The second-order valence-corrected chi connectivity index (χ2v) is 1.25. The minimum absolute atomic E-state index is 0.676. The summed E-state index contributed by atoms with van der Waals surface area (Å²) in [5.74, 6) is 0. The zero-order valence-electron chi connectivity index (χ0n) is 5.00. The van der Waals surface area contributed by atoms with Crippen LogP contribution in [0.2, 0.25) is 0 Å². The zero-order chi connectivity index (χ0) is 5.15. The summed E-state index contributed by atoms with van der Waals surface area (Å²) in [5.41, 5.74) is 1.09. The van der Waals surface area contributed by atoms with E-state index in [0.717, 1.165) is 5.57 Å². The van der Waals surface area contributed by atoms with Crippen LogP contribution in [0.15, 0.2) is 11.6 Å². The van der Waals surface area contributed by atoms with Crippen LogP contribution in [0.1, 0.15) is 22.1 Å². The van der Waals surface area contributed by atoms with Crippen LogP contribution >= 0.6 is 0 Å². The van der Waals surface area contributed by atoms with Crippen LogP contribution in [-0.2, 0) is 0 Å². The molecule has 0 amide bonds. The first-order chi connectivity index (χ1) is 2.64. The summed E-state index contributed by atoms with van der Waals surface area (Å²) >= 11 is 0. The Morgan fingerprint density at radius 2 is 2.00 bits per heavy atom. The van der Waals surface area contributed by atoms with Gasteiger partial charge in [-0.25, -0.2) is 0 Å². The van der Waals surface area contributed by atoms with Crippen molar-refractivity contribution in [3.63, 3.8) is 0 Å². The maximum Gasteiger partial charge on any atom is 0.0572 e. The molecule has 0 aromatic rings. The molecule has 0 radical (unpaired) electrons. The summed E-state index contributed by atoms with van der Waals surface area (Å²) in [4.78, 5) is 0. The molecule has 0 bridgehead atoms. The van der Waals surface area contributed by atoms with E-state index in [2.05, 4.69) is 0 Å². The molecule has 0 unspecified atom stereocenters. The van der Waals surface area contributed by atoms with Crippen LogP contribution < -0.4 is 0 Å². The molecule has 0 saturated heterocycles. The molecule has 0 N–H and O–H groups in total. The van der Waals surface area contributed by atoms with Crippen molar-refractivity contribution in [1.82, 2.24) is 0 Å².